The van der Waals surface area contributed by atoms with E-state index in [1.54, 1.807) is 0 Å². The largest absolute Gasteiger partial charge is 0.374 e. The first kappa shape index (κ1) is 18.4. The Hall–Kier alpha value is -2.97. The quantitative estimate of drug-likeness (QED) is 0.494. The average Bonchev–Trinajstić information content (AvgIpc) is 3.03. The van der Waals surface area contributed by atoms with E-state index in [0.717, 1.165) is 12.8 Å². The zero-order valence-electron chi connectivity index (χ0n) is 14.0. The van der Waals surface area contributed by atoms with Crippen LogP contribution >= 0.6 is 0 Å². The molecule has 1 aromatic heterocycles. The number of anilines is 1. The van der Waals surface area contributed by atoms with Gasteiger partial charge in [0.1, 0.15) is 11.8 Å². The summed E-state index contributed by atoms with van der Waals surface area (Å²) in [6, 6.07) is 0.845. The van der Waals surface area contributed by atoms with E-state index in [9.17, 15) is 14.4 Å². The van der Waals surface area contributed by atoms with Crippen molar-refractivity contribution in [3.63, 3.8) is 0 Å². The van der Waals surface area contributed by atoms with E-state index in [0.29, 0.717) is 12.1 Å². The molecule has 3 amide bonds. The van der Waals surface area contributed by atoms with Gasteiger partial charge in [-0.15, -0.1) is 0 Å². The lowest BCUT2D eigenvalue weighted by Gasteiger charge is -2.28. The van der Waals surface area contributed by atoms with Gasteiger partial charge in [-0.2, -0.15) is 0 Å². The van der Waals surface area contributed by atoms with Gasteiger partial charge in [-0.3, -0.25) is 24.8 Å². The highest BCUT2D eigenvalue weighted by Gasteiger charge is 2.38. The summed E-state index contributed by atoms with van der Waals surface area (Å²) in [7, 11) is 0. The molecule has 0 radical (unpaired) electrons. The standard InChI is InChI=1S/C16H22N6O3/c1-2-9-3-4-12(15(18)24)22(9)13(23)8-21-11-7-20-6-5-10(11)14(17)16(19)25/h5-7,9,12,17,21H,2-4,8H2,1H3,(H2,18,24)(H2,19,25). The normalized spacial score (nSPS) is 19.5. The van der Waals surface area contributed by atoms with Crippen molar-refractivity contribution >= 4 is 29.1 Å². The first-order valence-electron chi connectivity index (χ1n) is 8.03. The predicted octanol–water partition coefficient (Wildman–Crippen LogP) is -0.398. The Kier molecular flexibility index (Phi) is 5.68. The Morgan fingerprint density at radius 3 is 2.68 bits per heavy atom. The Bertz CT molecular complexity index is 705. The van der Waals surface area contributed by atoms with Crippen molar-refractivity contribution in [3.8, 4) is 0 Å². The molecule has 9 nitrogen and oxygen atoms in total. The first-order chi connectivity index (χ1) is 11.9. The second kappa shape index (κ2) is 7.73. The average molecular weight is 346 g/mol. The number of pyridine rings is 1. The summed E-state index contributed by atoms with van der Waals surface area (Å²) >= 11 is 0. The van der Waals surface area contributed by atoms with Gasteiger partial charge in [0.25, 0.3) is 5.91 Å². The highest BCUT2D eigenvalue weighted by Crippen LogP contribution is 2.26. The second-order valence-electron chi connectivity index (χ2n) is 5.87. The van der Waals surface area contributed by atoms with Gasteiger partial charge in [0.2, 0.25) is 11.8 Å². The summed E-state index contributed by atoms with van der Waals surface area (Å²) in [5, 5.41) is 10.6. The molecule has 1 fully saturated rings. The number of carbonyl (C=O) groups excluding carboxylic acids is 3. The SMILES string of the molecule is CCC1CCC(C(N)=O)N1C(=O)CNc1cnccc1C(=N)C(N)=O. The number of aromatic nitrogens is 1. The van der Waals surface area contributed by atoms with Crippen LogP contribution in [-0.4, -0.2) is 51.9 Å². The van der Waals surface area contributed by atoms with E-state index in [4.69, 9.17) is 16.9 Å². The van der Waals surface area contributed by atoms with Crippen molar-refractivity contribution in [1.29, 1.82) is 5.41 Å². The van der Waals surface area contributed by atoms with Crippen molar-refractivity contribution in [3.05, 3.63) is 24.0 Å². The van der Waals surface area contributed by atoms with E-state index in [2.05, 4.69) is 10.3 Å². The third-order valence-electron chi connectivity index (χ3n) is 4.36. The third kappa shape index (κ3) is 3.93. The molecule has 2 rings (SSSR count). The summed E-state index contributed by atoms with van der Waals surface area (Å²) in [4.78, 5) is 40.9. The number of hydrogen-bond acceptors (Lipinski definition) is 6. The summed E-state index contributed by atoms with van der Waals surface area (Å²) in [5.41, 5.74) is 10.8. The molecule has 0 aliphatic carbocycles. The monoisotopic (exact) mass is 346 g/mol. The predicted molar refractivity (Wildman–Crippen MR) is 91.9 cm³/mol. The molecular weight excluding hydrogens is 324 g/mol. The van der Waals surface area contributed by atoms with Gasteiger partial charge in [0.05, 0.1) is 18.4 Å². The number of nitrogens with zero attached hydrogens (tertiary/aromatic N) is 2. The summed E-state index contributed by atoms with van der Waals surface area (Å²) in [6.07, 6.45) is 4.87. The molecule has 2 atom stereocenters. The van der Waals surface area contributed by atoms with Gasteiger partial charge < -0.3 is 21.7 Å². The molecule has 1 aliphatic rings. The minimum Gasteiger partial charge on any atom is -0.374 e. The van der Waals surface area contributed by atoms with Crippen molar-refractivity contribution < 1.29 is 14.4 Å². The smallest absolute Gasteiger partial charge is 0.267 e. The molecule has 25 heavy (non-hydrogen) atoms. The van der Waals surface area contributed by atoms with Gasteiger partial charge >= 0.3 is 0 Å². The lowest BCUT2D eigenvalue weighted by molar-refractivity contribution is -0.137. The Labute approximate surface area is 145 Å². The van der Waals surface area contributed by atoms with Crippen LogP contribution in [0.15, 0.2) is 18.5 Å². The molecule has 0 spiro atoms. The number of nitrogens with one attached hydrogen (secondary N) is 2. The van der Waals surface area contributed by atoms with Gasteiger partial charge in [0.15, 0.2) is 0 Å². The molecule has 2 heterocycles. The van der Waals surface area contributed by atoms with Gasteiger partial charge in [-0.05, 0) is 25.3 Å². The van der Waals surface area contributed by atoms with Crippen LogP contribution in [0.3, 0.4) is 0 Å². The molecule has 0 bridgehead atoms. The lowest BCUT2D eigenvalue weighted by atomic mass is 10.1. The zero-order valence-corrected chi connectivity index (χ0v) is 14.0. The number of hydrogen-bond donors (Lipinski definition) is 4. The molecule has 1 aromatic rings. The van der Waals surface area contributed by atoms with Crippen molar-refractivity contribution in [2.75, 3.05) is 11.9 Å². The molecule has 1 saturated heterocycles. The lowest BCUT2D eigenvalue weighted by Crippen LogP contribution is -2.49. The minimum atomic E-state index is -0.875. The fourth-order valence-electron chi connectivity index (χ4n) is 3.09. The van der Waals surface area contributed by atoms with Gasteiger partial charge in [0, 0.05) is 17.8 Å². The molecular formula is C16H22N6O3. The van der Waals surface area contributed by atoms with Gasteiger partial charge in [-0.1, -0.05) is 6.92 Å². The van der Waals surface area contributed by atoms with Crippen molar-refractivity contribution in [1.82, 2.24) is 9.88 Å². The fourth-order valence-corrected chi connectivity index (χ4v) is 3.09. The van der Waals surface area contributed by atoms with Crippen LogP contribution in [0.2, 0.25) is 0 Å². The van der Waals surface area contributed by atoms with Crippen LogP contribution in [0, 0.1) is 5.41 Å². The Morgan fingerprint density at radius 2 is 2.08 bits per heavy atom. The van der Waals surface area contributed by atoms with Crippen LogP contribution < -0.4 is 16.8 Å². The van der Waals surface area contributed by atoms with E-state index in [-0.39, 0.29) is 29.8 Å². The summed E-state index contributed by atoms with van der Waals surface area (Å²) in [5.74, 6) is -1.66. The maximum absolute atomic E-state index is 12.6. The highest BCUT2D eigenvalue weighted by molar-refractivity contribution is 6.44. The van der Waals surface area contributed by atoms with E-state index in [1.807, 2.05) is 6.92 Å². The first-order valence-corrected chi connectivity index (χ1v) is 8.03. The van der Waals surface area contributed by atoms with Crippen LogP contribution in [0.4, 0.5) is 5.69 Å². The number of nitrogens with two attached hydrogens (primary N) is 2. The maximum atomic E-state index is 12.6. The van der Waals surface area contributed by atoms with Gasteiger partial charge in [-0.25, -0.2) is 0 Å². The third-order valence-corrected chi connectivity index (χ3v) is 4.36. The molecule has 9 heteroatoms. The van der Waals surface area contributed by atoms with Crippen molar-refractivity contribution in [2.24, 2.45) is 11.5 Å². The Balaban J connectivity index is 2.13. The van der Waals surface area contributed by atoms with E-state index in [1.165, 1.54) is 23.4 Å². The number of likely N-dealkylation sites (tertiary alicyclic amines) is 1. The number of amides is 3. The van der Waals surface area contributed by atoms with Crippen LogP contribution in [0.1, 0.15) is 31.7 Å². The van der Waals surface area contributed by atoms with E-state index < -0.39 is 17.9 Å². The fraction of sp³-hybridized carbons (Fsp3) is 0.438. The number of rotatable bonds is 7. The second-order valence-corrected chi connectivity index (χ2v) is 5.87. The number of carbonyl (C=O) groups is 3. The highest BCUT2D eigenvalue weighted by atomic mass is 16.2. The topological polar surface area (TPSA) is 155 Å². The molecule has 0 saturated carbocycles. The molecule has 1 aliphatic heterocycles. The van der Waals surface area contributed by atoms with Crippen LogP contribution in [0.25, 0.3) is 0 Å². The molecule has 2 unspecified atom stereocenters. The Morgan fingerprint density at radius 1 is 1.36 bits per heavy atom. The summed E-state index contributed by atoms with van der Waals surface area (Å²) < 4.78 is 0. The van der Waals surface area contributed by atoms with Crippen molar-refractivity contribution in [2.45, 2.75) is 38.3 Å². The minimum absolute atomic E-state index is 0.0240. The van der Waals surface area contributed by atoms with Crippen LogP contribution in [-0.2, 0) is 14.4 Å². The molecule has 134 valence electrons. The van der Waals surface area contributed by atoms with E-state index >= 15 is 0 Å². The van der Waals surface area contributed by atoms with Crippen LogP contribution in [0.5, 0.6) is 0 Å². The zero-order chi connectivity index (χ0) is 18.6. The number of primary amides is 2. The summed E-state index contributed by atoms with van der Waals surface area (Å²) in [6.45, 7) is 1.85. The maximum Gasteiger partial charge on any atom is 0.267 e. The molecule has 6 N–H and O–H groups in total. The molecule has 0 aromatic carbocycles.